The molecular weight excluding hydrogens is 298 g/mol. The molecule has 0 spiro atoms. The van der Waals surface area contributed by atoms with E-state index in [2.05, 4.69) is 45.2 Å². The van der Waals surface area contributed by atoms with E-state index in [9.17, 15) is 4.79 Å². The zero-order valence-corrected chi connectivity index (χ0v) is 13.6. The van der Waals surface area contributed by atoms with Gasteiger partial charge in [-0.2, -0.15) is 0 Å². The van der Waals surface area contributed by atoms with Gasteiger partial charge in [0.25, 0.3) is 0 Å². The normalized spacial score (nSPS) is 14.5. The van der Waals surface area contributed by atoms with Gasteiger partial charge in [0.2, 0.25) is 5.91 Å². The number of hydrogen-bond donors (Lipinski definition) is 1. The average molecular weight is 319 g/mol. The zero-order valence-electron chi connectivity index (χ0n) is 13.6. The van der Waals surface area contributed by atoms with Gasteiger partial charge in [-0.1, -0.05) is 42.8 Å². The van der Waals surface area contributed by atoms with Gasteiger partial charge in [-0.15, -0.1) is 0 Å². The predicted molar refractivity (Wildman–Crippen MR) is 94.5 cm³/mol. The third kappa shape index (κ3) is 3.04. The second kappa shape index (κ2) is 6.48. The SMILES string of the molecule is O=C(NCc1ccc(Cn2cnc3ccccc32)cc1)C1CCC1. The second-order valence-corrected chi connectivity index (χ2v) is 6.52. The van der Waals surface area contributed by atoms with Crippen molar-refractivity contribution in [2.24, 2.45) is 5.92 Å². The minimum absolute atomic E-state index is 0.204. The fraction of sp³-hybridized carbons (Fsp3) is 0.300. The molecule has 1 aliphatic rings. The van der Waals surface area contributed by atoms with Crippen molar-refractivity contribution in [3.63, 3.8) is 0 Å². The molecule has 4 nitrogen and oxygen atoms in total. The molecule has 0 saturated heterocycles. The lowest BCUT2D eigenvalue weighted by molar-refractivity contribution is -0.127. The summed E-state index contributed by atoms with van der Waals surface area (Å²) in [6.45, 7) is 1.42. The van der Waals surface area contributed by atoms with Crippen LogP contribution in [0.25, 0.3) is 11.0 Å². The van der Waals surface area contributed by atoms with Crippen LogP contribution in [0.2, 0.25) is 0 Å². The van der Waals surface area contributed by atoms with Gasteiger partial charge in [0.05, 0.1) is 17.4 Å². The van der Waals surface area contributed by atoms with Gasteiger partial charge in [-0.05, 0) is 36.1 Å². The van der Waals surface area contributed by atoms with Crippen LogP contribution in [-0.2, 0) is 17.9 Å². The zero-order chi connectivity index (χ0) is 16.4. The Bertz CT molecular complexity index is 847. The summed E-state index contributed by atoms with van der Waals surface area (Å²) >= 11 is 0. The Balaban J connectivity index is 1.39. The molecule has 24 heavy (non-hydrogen) atoms. The number of para-hydroxylation sites is 2. The largest absolute Gasteiger partial charge is 0.352 e. The maximum Gasteiger partial charge on any atom is 0.223 e. The fourth-order valence-corrected chi connectivity index (χ4v) is 3.10. The quantitative estimate of drug-likeness (QED) is 0.782. The lowest BCUT2D eigenvalue weighted by Gasteiger charge is -2.24. The molecular formula is C20H21N3O. The first-order valence-corrected chi connectivity index (χ1v) is 8.55. The third-order valence-corrected chi connectivity index (χ3v) is 4.85. The van der Waals surface area contributed by atoms with Crippen LogP contribution in [0, 0.1) is 5.92 Å². The molecule has 3 aromatic rings. The van der Waals surface area contributed by atoms with E-state index < -0.39 is 0 Å². The molecule has 1 heterocycles. The number of rotatable bonds is 5. The molecule has 0 atom stereocenters. The van der Waals surface area contributed by atoms with Crippen molar-refractivity contribution in [3.8, 4) is 0 Å². The van der Waals surface area contributed by atoms with E-state index in [1.165, 1.54) is 12.0 Å². The highest BCUT2D eigenvalue weighted by molar-refractivity contribution is 5.79. The number of imidazole rings is 1. The Morgan fingerprint density at radius 3 is 2.58 bits per heavy atom. The summed E-state index contributed by atoms with van der Waals surface area (Å²) in [5, 5.41) is 3.04. The number of carbonyl (C=O) groups excluding carboxylic acids is 1. The molecule has 4 heteroatoms. The molecule has 1 amide bonds. The van der Waals surface area contributed by atoms with E-state index in [0.717, 1.165) is 36.0 Å². The van der Waals surface area contributed by atoms with E-state index in [-0.39, 0.29) is 11.8 Å². The van der Waals surface area contributed by atoms with Crippen molar-refractivity contribution in [2.45, 2.75) is 32.4 Å². The van der Waals surface area contributed by atoms with Gasteiger partial charge < -0.3 is 9.88 Å². The van der Waals surface area contributed by atoms with Crippen LogP contribution in [-0.4, -0.2) is 15.5 Å². The van der Waals surface area contributed by atoms with Crippen LogP contribution in [0.3, 0.4) is 0 Å². The molecule has 0 radical (unpaired) electrons. The molecule has 0 bridgehead atoms. The number of fused-ring (bicyclic) bond motifs is 1. The molecule has 0 aliphatic heterocycles. The van der Waals surface area contributed by atoms with Crippen LogP contribution >= 0.6 is 0 Å². The average Bonchev–Trinajstić information content (AvgIpc) is 2.96. The minimum Gasteiger partial charge on any atom is -0.352 e. The lowest BCUT2D eigenvalue weighted by atomic mass is 9.85. The van der Waals surface area contributed by atoms with Crippen molar-refractivity contribution in [3.05, 3.63) is 66.0 Å². The molecule has 122 valence electrons. The van der Waals surface area contributed by atoms with Crippen LogP contribution < -0.4 is 5.32 Å². The Hall–Kier alpha value is -2.62. The fourth-order valence-electron chi connectivity index (χ4n) is 3.10. The molecule has 1 fully saturated rings. The number of carbonyl (C=O) groups is 1. The third-order valence-electron chi connectivity index (χ3n) is 4.85. The van der Waals surface area contributed by atoms with Gasteiger partial charge in [-0.25, -0.2) is 4.98 Å². The summed E-state index contributed by atoms with van der Waals surface area (Å²) in [5.74, 6) is 0.453. The van der Waals surface area contributed by atoms with E-state index in [4.69, 9.17) is 0 Å². The first kappa shape index (κ1) is 14.9. The molecule has 4 rings (SSSR count). The number of nitrogens with one attached hydrogen (secondary N) is 1. The maximum absolute atomic E-state index is 11.9. The van der Waals surface area contributed by atoms with Crippen molar-refractivity contribution in [1.82, 2.24) is 14.9 Å². The lowest BCUT2D eigenvalue weighted by Crippen LogP contribution is -2.33. The number of benzene rings is 2. The van der Waals surface area contributed by atoms with Crippen LogP contribution in [0.1, 0.15) is 30.4 Å². The van der Waals surface area contributed by atoms with Gasteiger partial charge in [0.15, 0.2) is 0 Å². The number of aromatic nitrogens is 2. The van der Waals surface area contributed by atoms with Crippen LogP contribution in [0.4, 0.5) is 0 Å². The van der Waals surface area contributed by atoms with E-state index >= 15 is 0 Å². The van der Waals surface area contributed by atoms with E-state index in [0.29, 0.717) is 6.54 Å². The van der Waals surface area contributed by atoms with E-state index in [1.54, 1.807) is 0 Å². The highest BCUT2D eigenvalue weighted by Gasteiger charge is 2.24. The molecule has 0 unspecified atom stereocenters. The topological polar surface area (TPSA) is 46.9 Å². The van der Waals surface area contributed by atoms with Crippen LogP contribution in [0.5, 0.6) is 0 Å². The molecule has 1 aliphatic carbocycles. The summed E-state index contributed by atoms with van der Waals surface area (Å²) in [7, 11) is 0. The summed E-state index contributed by atoms with van der Waals surface area (Å²) < 4.78 is 2.16. The summed E-state index contributed by atoms with van der Waals surface area (Å²) in [4.78, 5) is 16.3. The summed E-state index contributed by atoms with van der Waals surface area (Å²) in [6, 6.07) is 16.6. The molecule has 1 N–H and O–H groups in total. The smallest absolute Gasteiger partial charge is 0.223 e. The summed E-state index contributed by atoms with van der Waals surface area (Å²) in [6.07, 6.45) is 5.17. The van der Waals surface area contributed by atoms with E-state index in [1.807, 2.05) is 24.5 Å². The Morgan fingerprint density at radius 2 is 1.83 bits per heavy atom. The number of nitrogens with zero attached hydrogens (tertiary/aromatic N) is 2. The maximum atomic E-state index is 11.9. The first-order valence-electron chi connectivity index (χ1n) is 8.55. The van der Waals surface area contributed by atoms with Crippen LogP contribution in [0.15, 0.2) is 54.9 Å². The van der Waals surface area contributed by atoms with Gasteiger partial charge in [0, 0.05) is 19.0 Å². The minimum atomic E-state index is 0.204. The second-order valence-electron chi connectivity index (χ2n) is 6.52. The van der Waals surface area contributed by atoms with Crippen molar-refractivity contribution >= 4 is 16.9 Å². The van der Waals surface area contributed by atoms with Crippen molar-refractivity contribution < 1.29 is 4.79 Å². The molecule has 1 aromatic heterocycles. The van der Waals surface area contributed by atoms with Crippen molar-refractivity contribution in [1.29, 1.82) is 0 Å². The highest BCUT2D eigenvalue weighted by atomic mass is 16.1. The molecule has 2 aromatic carbocycles. The Labute approximate surface area is 141 Å². The Morgan fingerprint density at radius 1 is 1.08 bits per heavy atom. The highest BCUT2D eigenvalue weighted by Crippen LogP contribution is 2.26. The summed E-state index contributed by atoms with van der Waals surface area (Å²) in [5.41, 5.74) is 4.54. The van der Waals surface area contributed by atoms with Gasteiger partial charge in [-0.3, -0.25) is 4.79 Å². The first-order chi connectivity index (χ1) is 11.8. The standard InChI is InChI=1S/C20H21N3O/c24-20(17-4-3-5-17)21-12-15-8-10-16(11-9-15)13-23-14-22-18-6-1-2-7-19(18)23/h1-2,6-11,14,17H,3-5,12-13H2,(H,21,24). The number of hydrogen-bond acceptors (Lipinski definition) is 2. The van der Waals surface area contributed by atoms with Crippen molar-refractivity contribution in [2.75, 3.05) is 0 Å². The van der Waals surface area contributed by atoms with Gasteiger partial charge in [0.1, 0.15) is 0 Å². The van der Waals surface area contributed by atoms with Gasteiger partial charge >= 0.3 is 0 Å². The molecule has 1 saturated carbocycles. The Kier molecular flexibility index (Phi) is 4.03. The number of amides is 1. The predicted octanol–water partition coefficient (Wildman–Crippen LogP) is 3.50. The monoisotopic (exact) mass is 319 g/mol.